The van der Waals surface area contributed by atoms with Gasteiger partial charge in [0.05, 0.1) is 0 Å². The van der Waals surface area contributed by atoms with E-state index in [0.717, 1.165) is 30.0 Å². The Morgan fingerprint density at radius 1 is 0.392 bits per heavy atom. The molecule has 384 valence electrons. The fraction of sp³-hybridized carbons (Fsp3) is 0.457. The smallest absolute Gasteiger partial charge is 0.257 e. The average molecular weight is 981 g/mol. The lowest BCUT2D eigenvalue weighted by Gasteiger charge is -2.47. The van der Waals surface area contributed by atoms with Crippen LogP contribution in [0.25, 0.3) is 22.1 Å². The van der Waals surface area contributed by atoms with Gasteiger partial charge in [-0.3, -0.25) is 4.90 Å². The van der Waals surface area contributed by atoms with Crippen molar-refractivity contribution in [1.29, 1.82) is 0 Å². The molecule has 6 aromatic carbocycles. The maximum absolute atomic E-state index is 7.48. The Kier molecular flexibility index (Phi) is 11.0. The highest BCUT2D eigenvalue weighted by atomic mass is 16.4. The van der Waals surface area contributed by atoms with Crippen LogP contribution in [-0.4, -0.2) is 6.71 Å². The topological polar surface area (TPSA) is 19.6 Å². The van der Waals surface area contributed by atoms with Crippen LogP contribution >= 0.6 is 0 Å². The molecule has 0 saturated heterocycles. The molecule has 0 spiro atoms. The Labute approximate surface area is 446 Å². The zero-order chi connectivity index (χ0) is 53.4. The molecule has 2 aliphatic heterocycles. The monoisotopic (exact) mass is 981 g/mol. The maximum Gasteiger partial charge on any atom is 0.257 e. The van der Waals surface area contributed by atoms with Crippen LogP contribution in [0.1, 0.15) is 209 Å². The van der Waals surface area contributed by atoms with Crippen LogP contribution < -0.4 is 26.2 Å². The molecule has 0 unspecified atom stereocenters. The largest absolute Gasteiger partial charge is 0.440 e. The van der Waals surface area contributed by atoms with Crippen LogP contribution in [0.5, 0.6) is 0 Å². The molecule has 0 amide bonds. The summed E-state index contributed by atoms with van der Waals surface area (Å²) in [4.78, 5) is 5.22. The molecule has 4 heteroatoms. The molecule has 0 atom stereocenters. The Bertz CT molecular complexity index is 3400. The SMILES string of the molecule is CC(C)(C)c1ccc(N2c3cc(-c4ccc5c(c4)C(C)(C)CCC5(C)C)cc4c3B(c3cc5c(cc3N4c3cc(C(C)(C)C)cc(C(C)(C)C)c3)C(C)(C)CCC5(C)C)c3c2oc2ccc(C(C)(C)C)cc32)cc1. The van der Waals surface area contributed by atoms with Crippen LogP contribution in [0.15, 0.2) is 108 Å². The maximum atomic E-state index is 7.48. The zero-order valence-electron chi connectivity index (χ0n) is 49.0. The Hall–Kier alpha value is -5.48. The average Bonchev–Trinajstić information content (AvgIpc) is 3.71. The molecule has 0 bridgehead atoms. The van der Waals surface area contributed by atoms with Crippen molar-refractivity contribution in [3.63, 3.8) is 0 Å². The Morgan fingerprint density at radius 3 is 1.42 bits per heavy atom. The van der Waals surface area contributed by atoms with Gasteiger partial charge in [-0.25, -0.2) is 0 Å². The van der Waals surface area contributed by atoms with Gasteiger partial charge >= 0.3 is 0 Å². The van der Waals surface area contributed by atoms with Crippen molar-refractivity contribution in [2.45, 2.75) is 207 Å². The van der Waals surface area contributed by atoms with Crippen LogP contribution in [-0.2, 0) is 43.3 Å². The molecular formula is C70H85BN2O. The van der Waals surface area contributed by atoms with Gasteiger partial charge in [-0.1, -0.05) is 187 Å². The molecular weight excluding hydrogens is 896 g/mol. The van der Waals surface area contributed by atoms with Crippen LogP contribution in [0.2, 0.25) is 0 Å². The number of anilines is 6. The van der Waals surface area contributed by atoms with E-state index in [1.54, 1.807) is 0 Å². The molecule has 0 fully saturated rings. The first-order valence-corrected chi connectivity index (χ1v) is 28.1. The molecule has 11 rings (SSSR count). The first-order valence-electron chi connectivity index (χ1n) is 28.1. The highest BCUT2D eigenvalue weighted by molar-refractivity contribution is 7.01. The molecule has 0 radical (unpaired) electrons. The van der Waals surface area contributed by atoms with Crippen molar-refractivity contribution < 1.29 is 4.42 Å². The lowest BCUT2D eigenvalue weighted by atomic mass is 9.33. The molecule has 2 aliphatic carbocycles. The molecule has 0 N–H and O–H groups in total. The number of rotatable bonds is 3. The quantitative estimate of drug-likeness (QED) is 0.165. The summed E-state index contributed by atoms with van der Waals surface area (Å²) in [6, 6.07) is 41.8. The van der Waals surface area contributed by atoms with Crippen LogP contribution in [0.4, 0.5) is 34.3 Å². The van der Waals surface area contributed by atoms with Crippen molar-refractivity contribution in [2.24, 2.45) is 0 Å². The summed E-state index contributed by atoms with van der Waals surface area (Å²) in [7, 11) is 0. The number of nitrogens with zero attached hydrogens (tertiary/aromatic N) is 2. The minimum absolute atomic E-state index is 0.00403. The highest BCUT2D eigenvalue weighted by Gasteiger charge is 2.49. The Morgan fingerprint density at radius 2 is 0.878 bits per heavy atom. The standard InChI is InChI=1S/C70H85BN2O/c1-63(2,3)44-22-25-48(26-23-44)73-58-35-43(42-21-27-51-52(33-42)68(15,16)30-29-67(51,13)14)34-57-61(58)71(60-50-39-45(64(4,5)6)24-28-59(50)74-62(60)73)55-40-53-54(70(19,20)32-31-69(53,17)18)41-56(55)72(57)49-37-46(65(7,8)9)36-47(38-49)66(10,11)12/h21-28,33-41H,29-32H2,1-20H3. The molecule has 3 heterocycles. The fourth-order valence-electron chi connectivity index (χ4n) is 13.2. The van der Waals surface area contributed by atoms with Gasteiger partial charge in [0.25, 0.3) is 6.71 Å². The first kappa shape index (κ1) is 50.7. The van der Waals surface area contributed by atoms with Crippen LogP contribution in [0.3, 0.4) is 0 Å². The summed E-state index contributed by atoms with van der Waals surface area (Å²) in [6.45, 7) is 47.8. The second-order valence-corrected chi connectivity index (χ2v) is 30.1. The molecule has 7 aromatic rings. The number of fused-ring (bicyclic) bond motifs is 8. The summed E-state index contributed by atoms with van der Waals surface area (Å²) in [5.41, 5.74) is 24.7. The predicted octanol–water partition coefficient (Wildman–Crippen LogP) is 18.1. The van der Waals surface area contributed by atoms with E-state index < -0.39 is 0 Å². The van der Waals surface area contributed by atoms with E-state index in [-0.39, 0.29) is 50.0 Å². The van der Waals surface area contributed by atoms with Gasteiger partial charge in [-0.2, -0.15) is 0 Å². The number of hydrogen-bond acceptors (Lipinski definition) is 3. The van der Waals surface area contributed by atoms with Gasteiger partial charge in [0, 0.05) is 39.3 Å². The molecule has 74 heavy (non-hydrogen) atoms. The minimum Gasteiger partial charge on any atom is -0.440 e. The molecule has 3 nitrogen and oxygen atoms in total. The van der Waals surface area contributed by atoms with Gasteiger partial charge in [0.1, 0.15) is 5.58 Å². The third kappa shape index (κ3) is 8.04. The highest BCUT2D eigenvalue weighted by Crippen LogP contribution is 2.54. The van der Waals surface area contributed by atoms with E-state index in [1.165, 1.54) is 113 Å². The van der Waals surface area contributed by atoms with Crippen LogP contribution in [0, 0.1) is 0 Å². The number of furan rings is 1. The van der Waals surface area contributed by atoms with Crippen molar-refractivity contribution in [1.82, 2.24) is 0 Å². The van der Waals surface area contributed by atoms with Crippen molar-refractivity contribution in [3.05, 3.63) is 148 Å². The molecule has 0 saturated carbocycles. The fourth-order valence-corrected chi connectivity index (χ4v) is 13.2. The van der Waals surface area contributed by atoms with E-state index in [0.29, 0.717) is 0 Å². The van der Waals surface area contributed by atoms with E-state index in [9.17, 15) is 0 Å². The van der Waals surface area contributed by atoms with E-state index >= 15 is 0 Å². The normalized spacial score (nSPS) is 18.4. The van der Waals surface area contributed by atoms with Crippen molar-refractivity contribution in [3.8, 4) is 11.1 Å². The summed E-state index contributed by atoms with van der Waals surface area (Å²) < 4.78 is 7.48. The third-order valence-electron chi connectivity index (χ3n) is 18.6. The lowest BCUT2D eigenvalue weighted by Crippen LogP contribution is -2.61. The second-order valence-electron chi connectivity index (χ2n) is 30.1. The number of hydrogen-bond donors (Lipinski definition) is 0. The second kappa shape index (κ2) is 16.0. The van der Waals surface area contributed by atoms with Gasteiger partial charge in [-0.15, -0.1) is 0 Å². The van der Waals surface area contributed by atoms with E-state index in [2.05, 4.69) is 251 Å². The molecule has 1 aromatic heterocycles. The lowest BCUT2D eigenvalue weighted by molar-refractivity contribution is 0.332. The van der Waals surface area contributed by atoms with Gasteiger partial charge in [-0.05, 0) is 190 Å². The number of benzene rings is 6. The van der Waals surface area contributed by atoms with Gasteiger partial charge < -0.3 is 9.32 Å². The molecule has 4 aliphatic rings. The Balaban J connectivity index is 1.33. The van der Waals surface area contributed by atoms with Crippen molar-refractivity contribution in [2.75, 3.05) is 9.80 Å². The van der Waals surface area contributed by atoms with Gasteiger partial charge in [0.15, 0.2) is 0 Å². The van der Waals surface area contributed by atoms with Crippen molar-refractivity contribution >= 4 is 68.4 Å². The summed E-state index contributed by atoms with van der Waals surface area (Å²) in [5.74, 6) is 0.921. The first-order chi connectivity index (χ1) is 34.2. The minimum atomic E-state index is -0.0980. The third-order valence-corrected chi connectivity index (χ3v) is 18.6. The summed E-state index contributed by atoms with van der Waals surface area (Å²) >= 11 is 0. The van der Waals surface area contributed by atoms with Gasteiger partial charge in [0.2, 0.25) is 5.88 Å². The zero-order valence-corrected chi connectivity index (χ0v) is 49.0. The van der Waals surface area contributed by atoms with E-state index in [4.69, 9.17) is 4.42 Å². The predicted molar refractivity (Wildman–Crippen MR) is 321 cm³/mol. The van der Waals surface area contributed by atoms with E-state index in [1.807, 2.05) is 0 Å². The summed E-state index contributed by atoms with van der Waals surface area (Å²) in [6.07, 6.45) is 4.65. The summed E-state index contributed by atoms with van der Waals surface area (Å²) in [5, 5.41) is 1.20.